The average Bonchev–Trinajstić information content (AvgIpc) is 2.89. The lowest BCUT2D eigenvalue weighted by Crippen LogP contribution is -2.42. The molecule has 18 heavy (non-hydrogen) atoms. The summed E-state index contributed by atoms with van der Waals surface area (Å²) in [6.45, 7) is 7.28. The summed E-state index contributed by atoms with van der Waals surface area (Å²) in [6.07, 6.45) is 5.09. The van der Waals surface area contributed by atoms with Gasteiger partial charge in [-0.2, -0.15) is 5.10 Å². The van der Waals surface area contributed by atoms with Crippen LogP contribution in [0.25, 0.3) is 0 Å². The van der Waals surface area contributed by atoms with E-state index in [1.54, 1.807) is 6.33 Å². The first-order chi connectivity index (χ1) is 8.68. The number of rotatable bonds is 6. The third-order valence-electron chi connectivity index (χ3n) is 4.05. The Bertz CT molecular complexity index is 379. The summed E-state index contributed by atoms with van der Waals surface area (Å²) in [7, 11) is 1.95. The van der Waals surface area contributed by atoms with Crippen molar-refractivity contribution in [2.24, 2.45) is 12.5 Å². The van der Waals surface area contributed by atoms with Gasteiger partial charge in [0.15, 0.2) is 0 Å². The molecule has 2 atom stereocenters. The maximum Gasteiger partial charge on any atom is 0.138 e. The van der Waals surface area contributed by atoms with Crippen LogP contribution < -0.4 is 5.32 Å². The van der Waals surface area contributed by atoms with Gasteiger partial charge in [-0.25, -0.2) is 4.98 Å². The summed E-state index contributed by atoms with van der Waals surface area (Å²) in [4.78, 5) is 4.36. The lowest BCUT2D eigenvalue weighted by atomic mass is 9.78. The molecule has 2 rings (SSSR count). The van der Waals surface area contributed by atoms with Crippen molar-refractivity contribution in [3.05, 3.63) is 12.2 Å². The SMILES string of the molecule is CCCNCC1(Cc2ncnn2C)CCOC1C. The van der Waals surface area contributed by atoms with Gasteiger partial charge in [0.05, 0.1) is 6.10 Å². The standard InChI is InChI=1S/C13H24N4O/c1-4-6-14-9-13(5-7-18-11(13)2)8-12-15-10-16-17(12)3/h10-11,14H,4-9H2,1-3H3. The molecule has 0 saturated carbocycles. The van der Waals surface area contributed by atoms with E-state index >= 15 is 0 Å². The molecule has 1 aromatic rings. The minimum atomic E-state index is 0.163. The van der Waals surface area contributed by atoms with Crippen molar-refractivity contribution >= 4 is 0 Å². The number of nitrogens with one attached hydrogen (secondary N) is 1. The fourth-order valence-electron chi connectivity index (χ4n) is 2.65. The normalized spacial score (nSPS) is 27.8. The zero-order valence-electron chi connectivity index (χ0n) is 11.6. The topological polar surface area (TPSA) is 52.0 Å². The molecular weight excluding hydrogens is 228 g/mol. The zero-order chi connectivity index (χ0) is 13.0. The highest BCUT2D eigenvalue weighted by atomic mass is 16.5. The molecule has 1 aliphatic heterocycles. The molecule has 0 aromatic carbocycles. The molecule has 0 bridgehead atoms. The summed E-state index contributed by atoms with van der Waals surface area (Å²) in [5.41, 5.74) is 0.163. The van der Waals surface area contributed by atoms with E-state index in [0.717, 1.165) is 44.8 Å². The molecule has 1 aromatic heterocycles. The smallest absolute Gasteiger partial charge is 0.138 e. The average molecular weight is 252 g/mol. The van der Waals surface area contributed by atoms with Crippen LogP contribution in [-0.4, -0.2) is 40.6 Å². The van der Waals surface area contributed by atoms with Crippen molar-refractivity contribution in [2.45, 2.75) is 39.2 Å². The summed E-state index contributed by atoms with van der Waals surface area (Å²) in [5.74, 6) is 1.05. The van der Waals surface area contributed by atoms with E-state index in [0.29, 0.717) is 0 Å². The van der Waals surface area contributed by atoms with Crippen molar-refractivity contribution in [1.29, 1.82) is 0 Å². The summed E-state index contributed by atoms with van der Waals surface area (Å²) in [5, 5.41) is 7.70. The van der Waals surface area contributed by atoms with E-state index in [1.165, 1.54) is 0 Å². The maximum atomic E-state index is 5.79. The molecule has 5 nitrogen and oxygen atoms in total. The maximum absolute atomic E-state index is 5.79. The van der Waals surface area contributed by atoms with Gasteiger partial charge in [0.1, 0.15) is 12.2 Å². The molecule has 0 amide bonds. The number of hydrogen-bond acceptors (Lipinski definition) is 4. The van der Waals surface area contributed by atoms with Gasteiger partial charge in [0.25, 0.3) is 0 Å². The fourth-order valence-corrected chi connectivity index (χ4v) is 2.65. The van der Waals surface area contributed by atoms with E-state index in [9.17, 15) is 0 Å². The van der Waals surface area contributed by atoms with Gasteiger partial charge in [-0.15, -0.1) is 0 Å². The molecule has 102 valence electrons. The number of hydrogen-bond donors (Lipinski definition) is 1. The van der Waals surface area contributed by atoms with E-state index in [1.807, 2.05) is 11.7 Å². The number of aryl methyl sites for hydroxylation is 1. The second-order valence-electron chi connectivity index (χ2n) is 5.28. The van der Waals surface area contributed by atoms with Gasteiger partial charge in [0.2, 0.25) is 0 Å². The van der Waals surface area contributed by atoms with E-state index < -0.39 is 0 Å². The van der Waals surface area contributed by atoms with Crippen molar-refractivity contribution in [3.8, 4) is 0 Å². The van der Waals surface area contributed by atoms with Crippen LogP contribution in [0.5, 0.6) is 0 Å². The quantitative estimate of drug-likeness (QED) is 0.772. The first-order valence-electron chi connectivity index (χ1n) is 6.83. The molecular formula is C13H24N4O. The Morgan fingerprint density at radius 3 is 3.00 bits per heavy atom. The third-order valence-corrected chi connectivity index (χ3v) is 4.05. The second kappa shape index (κ2) is 5.80. The van der Waals surface area contributed by atoms with Crippen molar-refractivity contribution in [2.75, 3.05) is 19.7 Å². The Morgan fingerprint density at radius 1 is 1.61 bits per heavy atom. The highest BCUT2D eigenvalue weighted by molar-refractivity contribution is 5.00. The Hall–Kier alpha value is -0.940. The Balaban J connectivity index is 2.07. The van der Waals surface area contributed by atoms with Gasteiger partial charge in [-0.05, 0) is 26.3 Å². The summed E-state index contributed by atoms with van der Waals surface area (Å²) in [6, 6.07) is 0. The lowest BCUT2D eigenvalue weighted by molar-refractivity contribution is 0.0617. The van der Waals surface area contributed by atoms with Crippen LogP contribution in [0.15, 0.2) is 6.33 Å². The fraction of sp³-hybridized carbons (Fsp3) is 0.846. The second-order valence-corrected chi connectivity index (χ2v) is 5.28. The van der Waals surface area contributed by atoms with Gasteiger partial charge in [0, 0.05) is 32.0 Å². The Kier molecular flexibility index (Phi) is 4.35. The van der Waals surface area contributed by atoms with Crippen molar-refractivity contribution in [1.82, 2.24) is 20.1 Å². The summed E-state index contributed by atoms with van der Waals surface area (Å²) < 4.78 is 7.66. The first-order valence-corrected chi connectivity index (χ1v) is 6.83. The van der Waals surface area contributed by atoms with Crippen LogP contribution in [0.1, 0.15) is 32.5 Å². The highest BCUT2D eigenvalue weighted by Gasteiger charge is 2.42. The van der Waals surface area contributed by atoms with Crippen LogP contribution in [0.4, 0.5) is 0 Å². The third kappa shape index (κ3) is 2.72. The van der Waals surface area contributed by atoms with Gasteiger partial charge < -0.3 is 10.1 Å². The van der Waals surface area contributed by atoms with Crippen LogP contribution in [-0.2, 0) is 18.2 Å². The molecule has 1 saturated heterocycles. The molecule has 0 radical (unpaired) electrons. The monoisotopic (exact) mass is 252 g/mol. The molecule has 0 aliphatic carbocycles. The predicted molar refractivity (Wildman–Crippen MR) is 70.3 cm³/mol. The van der Waals surface area contributed by atoms with E-state index in [-0.39, 0.29) is 11.5 Å². The number of nitrogens with zero attached hydrogens (tertiary/aromatic N) is 3. The van der Waals surface area contributed by atoms with Gasteiger partial charge >= 0.3 is 0 Å². The molecule has 0 spiro atoms. The van der Waals surface area contributed by atoms with Crippen LogP contribution in [0, 0.1) is 5.41 Å². The molecule has 5 heteroatoms. The Labute approximate surface area is 109 Å². The zero-order valence-corrected chi connectivity index (χ0v) is 11.6. The van der Waals surface area contributed by atoms with E-state index in [2.05, 4.69) is 29.2 Å². The van der Waals surface area contributed by atoms with Crippen LogP contribution in [0.2, 0.25) is 0 Å². The summed E-state index contributed by atoms with van der Waals surface area (Å²) >= 11 is 0. The largest absolute Gasteiger partial charge is 0.378 e. The molecule has 2 heterocycles. The van der Waals surface area contributed by atoms with Crippen LogP contribution in [0.3, 0.4) is 0 Å². The minimum Gasteiger partial charge on any atom is -0.378 e. The minimum absolute atomic E-state index is 0.163. The first kappa shape index (κ1) is 13.5. The number of ether oxygens (including phenoxy) is 1. The highest BCUT2D eigenvalue weighted by Crippen LogP contribution is 2.37. The molecule has 1 aliphatic rings. The van der Waals surface area contributed by atoms with Crippen molar-refractivity contribution < 1.29 is 4.74 Å². The molecule has 1 N–H and O–H groups in total. The molecule has 1 fully saturated rings. The van der Waals surface area contributed by atoms with E-state index in [4.69, 9.17) is 4.74 Å². The number of aromatic nitrogens is 3. The van der Waals surface area contributed by atoms with Crippen LogP contribution >= 0.6 is 0 Å². The Morgan fingerprint density at radius 2 is 2.44 bits per heavy atom. The molecule has 2 unspecified atom stereocenters. The van der Waals surface area contributed by atoms with Gasteiger partial charge in [-0.3, -0.25) is 4.68 Å². The predicted octanol–water partition coefficient (Wildman–Crippen LogP) is 1.15. The van der Waals surface area contributed by atoms with Gasteiger partial charge in [-0.1, -0.05) is 6.92 Å². The van der Waals surface area contributed by atoms with Crippen molar-refractivity contribution in [3.63, 3.8) is 0 Å². The lowest BCUT2D eigenvalue weighted by Gasteiger charge is -2.32.